The predicted molar refractivity (Wildman–Crippen MR) is 52.7 cm³/mol. The van der Waals surface area contributed by atoms with Crippen LogP contribution in [0, 0.1) is 0 Å². The van der Waals surface area contributed by atoms with Crippen molar-refractivity contribution in [3.63, 3.8) is 0 Å². The Morgan fingerprint density at radius 1 is 1.38 bits per heavy atom. The Bertz CT molecular complexity index is 142. The van der Waals surface area contributed by atoms with Crippen molar-refractivity contribution in [1.82, 2.24) is 0 Å². The number of hydrogen-bond acceptors (Lipinski definition) is 3. The molecule has 3 nitrogen and oxygen atoms in total. The molecule has 2 N–H and O–H groups in total. The Hall–Kier alpha value is -0.120. The summed E-state index contributed by atoms with van der Waals surface area (Å²) in [5.41, 5.74) is 6.15. The van der Waals surface area contributed by atoms with Crippen molar-refractivity contribution in [2.45, 2.75) is 44.8 Å². The summed E-state index contributed by atoms with van der Waals surface area (Å²) in [5, 5.41) is 0. The van der Waals surface area contributed by atoms with Crippen LogP contribution in [0.1, 0.15) is 33.1 Å². The van der Waals surface area contributed by atoms with Crippen LogP contribution in [0.5, 0.6) is 0 Å². The van der Waals surface area contributed by atoms with Gasteiger partial charge in [-0.2, -0.15) is 0 Å². The molecule has 0 amide bonds. The smallest absolute Gasteiger partial charge is 0.0518 e. The third-order valence-electron chi connectivity index (χ3n) is 2.54. The Kier molecular flexibility index (Phi) is 4.16. The third-order valence-corrected chi connectivity index (χ3v) is 2.54. The normalized spacial score (nSPS) is 22.2. The van der Waals surface area contributed by atoms with Gasteiger partial charge in [0.05, 0.1) is 6.10 Å². The fourth-order valence-electron chi connectivity index (χ4n) is 1.53. The molecule has 1 heterocycles. The molecule has 0 unspecified atom stereocenters. The first kappa shape index (κ1) is 11.0. The minimum atomic E-state index is -0.0346. The second kappa shape index (κ2) is 4.94. The fraction of sp³-hybridized carbons (Fsp3) is 1.00. The Balaban J connectivity index is 2.17. The van der Waals surface area contributed by atoms with Crippen LogP contribution in [0.15, 0.2) is 0 Å². The largest absolute Gasteiger partial charge is 0.381 e. The second-order valence-corrected chi connectivity index (χ2v) is 4.14. The van der Waals surface area contributed by atoms with Gasteiger partial charge in [0.15, 0.2) is 0 Å². The van der Waals surface area contributed by atoms with Gasteiger partial charge in [-0.3, -0.25) is 0 Å². The molecule has 0 aromatic carbocycles. The molecule has 78 valence electrons. The van der Waals surface area contributed by atoms with E-state index in [2.05, 4.69) is 0 Å². The molecule has 0 bridgehead atoms. The topological polar surface area (TPSA) is 44.5 Å². The molecule has 1 fully saturated rings. The molecule has 0 aromatic rings. The lowest BCUT2D eigenvalue weighted by Crippen LogP contribution is -2.46. The van der Waals surface area contributed by atoms with E-state index in [0.29, 0.717) is 6.10 Å². The molecule has 3 heteroatoms. The van der Waals surface area contributed by atoms with E-state index in [-0.39, 0.29) is 5.54 Å². The van der Waals surface area contributed by atoms with Gasteiger partial charge in [0.2, 0.25) is 0 Å². The summed E-state index contributed by atoms with van der Waals surface area (Å²) >= 11 is 0. The van der Waals surface area contributed by atoms with Crippen LogP contribution >= 0.6 is 0 Å². The molecule has 0 atom stereocenters. The van der Waals surface area contributed by atoms with Gasteiger partial charge < -0.3 is 15.2 Å². The van der Waals surface area contributed by atoms with Crippen molar-refractivity contribution in [3.8, 4) is 0 Å². The summed E-state index contributed by atoms with van der Waals surface area (Å²) in [6.45, 7) is 6.48. The van der Waals surface area contributed by atoms with Gasteiger partial charge in [-0.15, -0.1) is 0 Å². The highest BCUT2D eigenvalue weighted by Crippen LogP contribution is 2.21. The summed E-state index contributed by atoms with van der Waals surface area (Å²) in [5.74, 6) is 0. The fourth-order valence-corrected chi connectivity index (χ4v) is 1.53. The zero-order chi connectivity index (χ0) is 9.73. The lowest BCUT2D eigenvalue weighted by Gasteiger charge is -2.33. The quantitative estimate of drug-likeness (QED) is 0.721. The maximum atomic E-state index is 6.19. The molecule has 1 rings (SSSR count). The van der Waals surface area contributed by atoms with Gasteiger partial charge in [0.25, 0.3) is 0 Å². The second-order valence-electron chi connectivity index (χ2n) is 4.14. The first-order valence-electron chi connectivity index (χ1n) is 5.11. The summed E-state index contributed by atoms with van der Waals surface area (Å²) in [4.78, 5) is 0. The molecule has 0 spiro atoms. The van der Waals surface area contributed by atoms with E-state index < -0.39 is 0 Å². The van der Waals surface area contributed by atoms with Crippen LogP contribution in [0.4, 0.5) is 0 Å². The lowest BCUT2D eigenvalue weighted by molar-refractivity contribution is 0.0214. The monoisotopic (exact) mass is 187 g/mol. The van der Waals surface area contributed by atoms with Gasteiger partial charge in [-0.1, -0.05) is 0 Å². The number of rotatable bonds is 4. The Labute approximate surface area is 80.6 Å². The molecule has 13 heavy (non-hydrogen) atoms. The molecule has 0 aromatic heterocycles. The van der Waals surface area contributed by atoms with Gasteiger partial charge in [0, 0.05) is 25.4 Å². The molecule has 0 saturated carbocycles. The van der Waals surface area contributed by atoms with Crippen molar-refractivity contribution in [1.29, 1.82) is 0 Å². The van der Waals surface area contributed by atoms with E-state index in [1.807, 2.05) is 13.8 Å². The van der Waals surface area contributed by atoms with Crippen molar-refractivity contribution >= 4 is 0 Å². The van der Waals surface area contributed by atoms with Gasteiger partial charge in [-0.25, -0.2) is 0 Å². The molecule has 1 aliphatic heterocycles. The summed E-state index contributed by atoms with van der Waals surface area (Å²) in [6.07, 6.45) is 3.20. The lowest BCUT2D eigenvalue weighted by atomic mass is 9.88. The minimum absolute atomic E-state index is 0.0346. The zero-order valence-electron chi connectivity index (χ0n) is 8.71. The Morgan fingerprint density at radius 2 is 2.00 bits per heavy atom. The van der Waals surface area contributed by atoms with E-state index in [4.69, 9.17) is 15.2 Å². The van der Waals surface area contributed by atoms with Crippen LogP contribution in [-0.4, -0.2) is 31.5 Å². The Morgan fingerprint density at radius 3 is 2.54 bits per heavy atom. The average Bonchev–Trinajstić information content (AvgIpc) is 2.04. The molecular weight excluding hydrogens is 166 g/mol. The van der Waals surface area contributed by atoms with Crippen LogP contribution in [-0.2, 0) is 9.47 Å². The third kappa shape index (κ3) is 4.07. The zero-order valence-corrected chi connectivity index (χ0v) is 8.71. The van der Waals surface area contributed by atoms with Gasteiger partial charge >= 0.3 is 0 Å². The SMILES string of the molecule is CC(C)OCCC1(N)CCOCC1. The van der Waals surface area contributed by atoms with E-state index >= 15 is 0 Å². The average molecular weight is 187 g/mol. The standard InChI is InChI=1S/C10H21NO2/c1-9(2)13-8-5-10(11)3-6-12-7-4-10/h9H,3-8,11H2,1-2H3. The highest BCUT2D eigenvalue weighted by Gasteiger charge is 2.27. The summed E-state index contributed by atoms with van der Waals surface area (Å²) < 4.78 is 10.8. The van der Waals surface area contributed by atoms with Crippen LogP contribution in [0.25, 0.3) is 0 Å². The van der Waals surface area contributed by atoms with Crippen molar-refractivity contribution in [2.75, 3.05) is 19.8 Å². The summed E-state index contributed by atoms with van der Waals surface area (Å²) in [7, 11) is 0. The van der Waals surface area contributed by atoms with E-state index in [1.165, 1.54) is 0 Å². The van der Waals surface area contributed by atoms with E-state index in [1.54, 1.807) is 0 Å². The molecule has 1 saturated heterocycles. The van der Waals surface area contributed by atoms with Crippen LogP contribution in [0.3, 0.4) is 0 Å². The first-order valence-corrected chi connectivity index (χ1v) is 5.11. The summed E-state index contributed by atoms with van der Waals surface area (Å²) in [6, 6.07) is 0. The minimum Gasteiger partial charge on any atom is -0.381 e. The number of hydrogen-bond donors (Lipinski definition) is 1. The highest BCUT2D eigenvalue weighted by molar-refractivity contribution is 4.86. The van der Waals surface area contributed by atoms with Crippen molar-refractivity contribution in [3.05, 3.63) is 0 Å². The molecule has 1 aliphatic rings. The predicted octanol–water partition coefficient (Wildman–Crippen LogP) is 1.31. The highest BCUT2D eigenvalue weighted by atomic mass is 16.5. The van der Waals surface area contributed by atoms with E-state index in [9.17, 15) is 0 Å². The molecular formula is C10H21NO2. The van der Waals surface area contributed by atoms with Crippen molar-refractivity contribution < 1.29 is 9.47 Å². The van der Waals surface area contributed by atoms with Crippen LogP contribution in [0.2, 0.25) is 0 Å². The van der Waals surface area contributed by atoms with Gasteiger partial charge in [0.1, 0.15) is 0 Å². The van der Waals surface area contributed by atoms with Crippen molar-refractivity contribution in [2.24, 2.45) is 5.73 Å². The maximum absolute atomic E-state index is 6.19. The maximum Gasteiger partial charge on any atom is 0.0518 e. The van der Waals surface area contributed by atoms with E-state index in [0.717, 1.165) is 39.1 Å². The first-order chi connectivity index (χ1) is 6.12. The molecule has 0 radical (unpaired) electrons. The van der Waals surface area contributed by atoms with Gasteiger partial charge in [-0.05, 0) is 33.1 Å². The number of nitrogens with two attached hydrogens (primary N) is 1. The van der Waals surface area contributed by atoms with Crippen LogP contribution < -0.4 is 5.73 Å². The number of ether oxygens (including phenoxy) is 2. The molecule has 0 aliphatic carbocycles.